The number of benzene rings is 1. The first-order chi connectivity index (χ1) is 14.1. The molecule has 0 bridgehead atoms. The molecule has 2 aromatic rings. The highest BCUT2D eigenvalue weighted by atomic mass is 16.6. The summed E-state index contributed by atoms with van der Waals surface area (Å²) in [7, 11) is 0. The maximum Gasteiger partial charge on any atom is 0.410 e. The Morgan fingerprint density at radius 2 is 1.87 bits per heavy atom. The largest absolute Gasteiger partial charge is 0.446 e. The maximum atomic E-state index is 12.5. The lowest BCUT2D eigenvalue weighted by Gasteiger charge is -2.37. The number of pyridine rings is 1. The first-order valence-corrected chi connectivity index (χ1v) is 10.6. The quantitative estimate of drug-likeness (QED) is 0.769. The molecular weight excluding hydrogens is 380 g/mol. The van der Waals surface area contributed by atoms with Gasteiger partial charge in [-0.3, -0.25) is 4.79 Å². The van der Waals surface area contributed by atoms with Gasteiger partial charge in [0, 0.05) is 37.7 Å². The van der Waals surface area contributed by atoms with Crippen molar-refractivity contribution in [2.24, 2.45) is 0 Å². The Balaban J connectivity index is 1.73. The lowest BCUT2D eigenvalue weighted by Crippen LogP contribution is -2.45. The molecule has 2 atom stereocenters. The molecule has 1 aromatic carbocycles. The second-order valence-electron chi connectivity index (χ2n) is 8.81. The van der Waals surface area contributed by atoms with E-state index in [2.05, 4.69) is 0 Å². The minimum atomic E-state index is -0.854. The fraction of sp³-hybridized carbons (Fsp3) is 0.500. The third kappa shape index (κ3) is 4.93. The van der Waals surface area contributed by atoms with Gasteiger partial charge in [-0.1, -0.05) is 24.3 Å². The van der Waals surface area contributed by atoms with Crippen LogP contribution in [0.4, 0.5) is 4.79 Å². The molecule has 1 amide bonds. The summed E-state index contributed by atoms with van der Waals surface area (Å²) in [6.45, 7) is 10.5. The number of ether oxygens (including phenoxy) is 1. The summed E-state index contributed by atoms with van der Waals surface area (Å²) in [5, 5.41) is 9.97. The summed E-state index contributed by atoms with van der Waals surface area (Å²) in [5.41, 5.74) is 2.97. The van der Waals surface area contributed by atoms with E-state index in [0.29, 0.717) is 25.9 Å². The summed E-state index contributed by atoms with van der Waals surface area (Å²) in [4.78, 5) is 26.4. The molecule has 1 N–H and O–H groups in total. The number of aliphatic hydroxyl groups is 1. The van der Waals surface area contributed by atoms with E-state index in [-0.39, 0.29) is 23.8 Å². The highest BCUT2D eigenvalue weighted by molar-refractivity contribution is 5.69. The first kappa shape index (κ1) is 22.1. The zero-order valence-corrected chi connectivity index (χ0v) is 18.5. The Hall–Kier alpha value is -2.60. The van der Waals surface area contributed by atoms with Crippen LogP contribution in [-0.2, 0) is 11.3 Å². The van der Waals surface area contributed by atoms with Crippen LogP contribution in [0.15, 0.2) is 41.3 Å². The zero-order chi connectivity index (χ0) is 22.1. The van der Waals surface area contributed by atoms with E-state index < -0.39 is 5.60 Å². The number of carbonyl (C=O) groups is 1. The number of hydrogen-bond donors (Lipinski definition) is 1. The fourth-order valence-electron chi connectivity index (χ4n) is 4.01. The number of nitrogens with zero attached hydrogens (tertiary/aromatic N) is 2. The SMILES string of the molecule is CCn1cc(-c2ccc(C(C)N3CCC(CC(C)(C)O)OC3=O)cc2)cc(C)c1=O. The molecule has 162 valence electrons. The van der Waals surface area contributed by atoms with Crippen LogP contribution in [0, 0.1) is 6.92 Å². The van der Waals surface area contributed by atoms with E-state index in [0.717, 1.165) is 22.3 Å². The number of hydrogen-bond acceptors (Lipinski definition) is 4. The highest BCUT2D eigenvalue weighted by Gasteiger charge is 2.33. The van der Waals surface area contributed by atoms with E-state index in [1.807, 2.05) is 57.3 Å². The topological polar surface area (TPSA) is 71.8 Å². The molecule has 1 aromatic heterocycles. The molecule has 0 aliphatic carbocycles. The molecule has 3 rings (SSSR count). The van der Waals surface area contributed by atoms with Gasteiger partial charge in [0.1, 0.15) is 6.10 Å². The van der Waals surface area contributed by atoms with Gasteiger partial charge in [0.15, 0.2) is 0 Å². The van der Waals surface area contributed by atoms with Crippen molar-refractivity contribution in [1.82, 2.24) is 9.47 Å². The lowest BCUT2D eigenvalue weighted by atomic mass is 9.97. The number of amides is 1. The van der Waals surface area contributed by atoms with Crippen molar-refractivity contribution >= 4 is 6.09 Å². The Labute approximate surface area is 178 Å². The van der Waals surface area contributed by atoms with Crippen LogP contribution in [0.3, 0.4) is 0 Å². The molecule has 1 aliphatic heterocycles. The molecule has 2 unspecified atom stereocenters. The maximum absolute atomic E-state index is 12.5. The van der Waals surface area contributed by atoms with Crippen molar-refractivity contribution in [3.63, 3.8) is 0 Å². The van der Waals surface area contributed by atoms with Gasteiger partial charge in [-0.15, -0.1) is 0 Å². The second kappa shape index (κ2) is 8.64. The van der Waals surface area contributed by atoms with Crippen molar-refractivity contribution in [3.05, 3.63) is 58.0 Å². The van der Waals surface area contributed by atoms with E-state index in [1.165, 1.54) is 0 Å². The van der Waals surface area contributed by atoms with Crippen LogP contribution >= 0.6 is 0 Å². The molecule has 6 heteroatoms. The average Bonchev–Trinajstić information content (AvgIpc) is 2.68. The smallest absolute Gasteiger partial charge is 0.410 e. The number of carbonyl (C=O) groups excluding carboxylic acids is 1. The minimum Gasteiger partial charge on any atom is -0.446 e. The van der Waals surface area contributed by atoms with E-state index >= 15 is 0 Å². The van der Waals surface area contributed by atoms with Crippen LogP contribution in [0.25, 0.3) is 11.1 Å². The summed E-state index contributed by atoms with van der Waals surface area (Å²) in [6, 6.07) is 9.90. The van der Waals surface area contributed by atoms with Crippen LogP contribution in [0.1, 0.15) is 57.7 Å². The predicted octanol–water partition coefficient (Wildman–Crippen LogP) is 4.28. The van der Waals surface area contributed by atoms with Crippen molar-refractivity contribution in [2.75, 3.05) is 6.54 Å². The lowest BCUT2D eigenvalue weighted by molar-refractivity contribution is -0.0309. The third-order valence-corrected chi connectivity index (χ3v) is 5.72. The standard InChI is InChI=1S/C24H32N2O4/c1-6-25-15-20(13-16(2)22(25)27)19-9-7-18(8-10-19)17(3)26-12-11-21(30-23(26)28)14-24(4,5)29/h7-10,13,15,17,21,29H,6,11-12,14H2,1-5H3. The molecule has 30 heavy (non-hydrogen) atoms. The third-order valence-electron chi connectivity index (χ3n) is 5.72. The Kier molecular flexibility index (Phi) is 6.36. The van der Waals surface area contributed by atoms with Gasteiger partial charge in [0.2, 0.25) is 0 Å². The Bertz CT molecular complexity index is 957. The summed E-state index contributed by atoms with van der Waals surface area (Å²) < 4.78 is 7.27. The summed E-state index contributed by atoms with van der Waals surface area (Å²) in [5.74, 6) is 0. The van der Waals surface area contributed by atoms with Crippen molar-refractivity contribution in [1.29, 1.82) is 0 Å². The van der Waals surface area contributed by atoms with Crippen LogP contribution in [0.2, 0.25) is 0 Å². The van der Waals surface area contributed by atoms with Gasteiger partial charge in [-0.2, -0.15) is 0 Å². The van der Waals surface area contributed by atoms with Gasteiger partial charge in [0.05, 0.1) is 11.6 Å². The number of cyclic esters (lactones) is 1. The van der Waals surface area contributed by atoms with Gasteiger partial charge in [-0.25, -0.2) is 4.79 Å². The van der Waals surface area contributed by atoms with E-state index in [9.17, 15) is 14.7 Å². The van der Waals surface area contributed by atoms with Gasteiger partial charge in [-0.05, 0) is 57.4 Å². The fourth-order valence-corrected chi connectivity index (χ4v) is 4.01. The number of rotatable bonds is 6. The zero-order valence-electron chi connectivity index (χ0n) is 18.5. The Morgan fingerprint density at radius 1 is 1.20 bits per heavy atom. The second-order valence-corrected chi connectivity index (χ2v) is 8.81. The average molecular weight is 413 g/mol. The highest BCUT2D eigenvalue weighted by Crippen LogP contribution is 2.29. The molecule has 2 heterocycles. The first-order valence-electron chi connectivity index (χ1n) is 10.6. The van der Waals surface area contributed by atoms with E-state index in [1.54, 1.807) is 23.3 Å². The minimum absolute atomic E-state index is 0.0398. The summed E-state index contributed by atoms with van der Waals surface area (Å²) in [6.07, 6.45) is 2.45. The molecule has 1 aliphatic rings. The molecule has 1 fully saturated rings. The number of aromatic nitrogens is 1. The van der Waals surface area contributed by atoms with Gasteiger partial charge < -0.3 is 19.3 Å². The molecule has 1 saturated heterocycles. The van der Waals surface area contributed by atoms with E-state index in [4.69, 9.17) is 4.74 Å². The normalized spacial score (nSPS) is 18.3. The van der Waals surface area contributed by atoms with Crippen LogP contribution in [0.5, 0.6) is 0 Å². The van der Waals surface area contributed by atoms with Crippen LogP contribution < -0.4 is 5.56 Å². The predicted molar refractivity (Wildman–Crippen MR) is 117 cm³/mol. The number of aryl methyl sites for hydroxylation is 2. The van der Waals surface area contributed by atoms with Gasteiger partial charge in [0.25, 0.3) is 5.56 Å². The van der Waals surface area contributed by atoms with Crippen molar-refractivity contribution in [2.45, 2.75) is 71.8 Å². The van der Waals surface area contributed by atoms with Crippen molar-refractivity contribution < 1.29 is 14.6 Å². The summed E-state index contributed by atoms with van der Waals surface area (Å²) >= 11 is 0. The van der Waals surface area contributed by atoms with Crippen LogP contribution in [-0.4, -0.2) is 38.9 Å². The molecule has 0 radical (unpaired) electrons. The monoisotopic (exact) mass is 412 g/mol. The molecule has 6 nitrogen and oxygen atoms in total. The molecule has 0 spiro atoms. The van der Waals surface area contributed by atoms with Gasteiger partial charge >= 0.3 is 6.09 Å². The molecule has 0 saturated carbocycles. The van der Waals surface area contributed by atoms with Crippen molar-refractivity contribution in [3.8, 4) is 11.1 Å². The molecular formula is C24H32N2O4. The Morgan fingerprint density at radius 3 is 2.43 bits per heavy atom.